The topological polar surface area (TPSA) is 46.5 Å². The number of nitrogens with one attached hydrogen (secondary N) is 1. The molecule has 23 heavy (non-hydrogen) atoms. The van der Waals surface area contributed by atoms with Crippen molar-refractivity contribution in [3.63, 3.8) is 0 Å². The standard InChI is InChI=1S/C18H16ClN3O/c1-12-4-3-5-15(8-12)22-20-11-14-9-13-10-16(23-2)6-7-17(13)21-18(14)19/h3-11,22H,1-2H3/b20-11-. The van der Waals surface area contributed by atoms with Crippen molar-refractivity contribution in [3.8, 4) is 5.75 Å². The monoisotopic (exact) mass is 325 g/mol. The van der Waals surface area contributed by atoms with Gasteiger partial charge in [-0.1, -0.05) is 23.7 Å². The second kappa shape index (κ2) is 6.67. The molecule has 4 nitrogen and oxygen atoms in total. The van der Waals surface area contributed by atoms with Gasteiger partial charge in [0.05, 0.1) is 24.5 Å². The Hall–Kier alpha value is -2.59. The maximum atomic E-state index is 6.22. The van der Waals surface area contributed by atoms with Crippen LogP contribution >= 0.6 is 11.6 Å². The van der Waals surface area contributed by atoms with Gasteiger partial charge in [-0.2, -0.15) is 5.10 Å². The molecule has 0 radical (unpaired) electrons. The number of halogens is 1. The van der Waals surface area contributed by atoms with E-state index in [9.17, 15) is 0 Å². The molecule has 3 rings (SSSR count). The third kappa shape index (κ3) is 3.60. The largest absolute Gasteiger partial charge is 0.497 e. The van der Waals surface area contributed by atoms with E-state index in [1.807, 2.05) is 55.5 Å². The first kappa shape index (κ1) is 15.3. The van der Waals surface area contributed by atoms with Gasteiger partial charge >= 0.3 is 0 Å². The third-order valence-corrected chi connectivity index (χ3v) is 3.72. The van der Waals surface area contributed by atoms with Gasteiger partial charge in [-0.25, -0.2) is 4.98 Å². The Morgan fingerprint density at radius 1 is 1.17 bits per heavy atom. The summed E-state index contributed by atoms with van der Waals surface area (Å²) in [6.45, 7) is 2.03. The number of fused-ring (bicyclic) bond motifs is 1. The normalized spacial score (nSPS) is 11.1. The molecule has 0 spiro atoms. The number of nitrogens with zero attached hydrogens (tertiary/aromatic N) is 2. The Labute approximate surface area is 139 Å². The fraction of sp³-hybridized carbons (Fsp3) is 0.111. The summed E-state index contributed by atoms with van der Waals surface area (Å²) in [6.07, 6.45) is 1.66. The smallest absolute Gasteiger partial charge is 0.138 e. The number of ether oxygens (including phenoxy) is 1. The molecular weight excluding hydrogens is 310 g/mol. The Morgan fingerprint density at radius 3 is 2.83 bits per heavy atom. The molecule has 1 aromatic heterocycles. The van der Waals surface area contributed by atoms with Crippen LogP contribution < -0.4 is 10.2 Å². The highest BCUT2D eigenvalue weighted by molar-refractivity contribution is 6.32. The number of hydrazone groups is 1. The second-order valence-electron chi connectivity index (χ2n) is 5.17. The van der Waals surface area contributed by atoms with E-state index in [-0.39, 0.29) is 0 Å². The van der Waals surface area contributed by atoms with Gasteiger partial charge in [-0.05, 0) is 48.9 Å². The number of hydrogen-bond donors (Lipinski definition) is 1. The van der Waals surface area contributed by atoms with Crippen LogP contribution in [-0.4, -0.2) is 18.3 Å². The van der Waals surface area contributed by atoms with E-state index in [4.69, 9.17) is 16.3 Å². The lowest BCUT2D eigenvalue weighted by atomic mass is 10.1. The van der Waals surface area contributed by atoms with E-state index in [1.165, 1.54) is 5.56 Å². The molecule has 3 aromatic rings. The van der Waals surface area contributed by atoms with Gasteiger partial charge < -0.3 is 4.74 Å². The van der Waals surface area contributed by atoms with Crippen LogP contribution in [0.2, 0.25) is 5.15 Å². The highest BCUT2D eigenvalue weighted by Crippen LogP contribution is 2.23. The fourth-order valence-electron chi connectivity index (χ4n) is 2.26. The number of benzene rings is 2. The lowest BCUT2D eigenvalue weighted by Crippen LogP contribution is -1.94. The van der Waals surface area contributed by atoms with Crippen LogP contribution in [0.25, 0.3) is 10.9 Å². The molecule has 0 saturated heterocycles. The highest BCUT2D eigenvalue weighted by atomic mass is 35.5. The van der Waals surface area contributed by atoms with Crippen molar-refractivity contribution in [1.29, 1.82) is 0 Å². The predicted octanol–water partition coefficient (Wildman–Crippen LogP) is 4.65. The molecule has 0 aliphatic rings. The van der Waals surface area contributed by atoms with Crippen LogP contribution in [-0.2, 0) is 0 Å². The molecule has 0 atom stereocenters. The van der Waals surface area contributed by atoms with Crippen LogP contribution in [0.15, 0.2) is 53.6 Å². The van der Waals surface area contributed by atoms with Crippen molar-refractivity contribution in [2.45, 2.75) is 6.92 Å². The van der Waals surface area contributed by atoms with Crippen LogP contribution in [0.4, 0.5) is 5.69 Å². The summed E-state index contributed by atoms with van der Waals surface area (Å²) in [5, 5.41) is 5.60. The van der Waals surface area contributed by atoms with E-state index < -0.39 is 0 Å². The van der Waals surface area contributed by atoms with Crippen molar-refractivity contribution in [3.05, 3.63) is 64.8 Å². The van der Waals surface area contributed by atoms with Gasteiger partial charge in [-0.3, -0.25) is 5.43 Å². The van der Waals surface area contributed by atoms with Crippen molar-refractivity contribution < 1.29 is 4.74 Å². The molecule has 2 aromatic carbocycles. The summed E-state index contributed by atoms with van der Waals surface area (Å²) < 4.78 is 5.24. The van der Waals surface area contributed by atoms with Gasteiger partial charge in [0, 0.05) is 10.9 Å². The summed E-state index contributed by atoms with van der Waals surface area (Å²) in [7, 11) is 1.64. The van der Waals surface area contributed by atoms with E-state index >= 15 is 0 Å². The molecule has 116 valence electrons. The number of aromatic nitrogens is 1. The molecule has 0 amide bonds. The van der Waals surface area contributed by atoms with Gasteiger partial charge in [-0.15, -0.1) is 0 Å². The summed E-state index contributed by atoms with van der Waals surface area (Å²) in [5.41, 5.74) is 6.65. The lowest BCUT2D eigenvalue weighted by molar-refractivity contribution is 0.415. The van der Waals surface area contributed by atoms with E-state index in [0.717, 1.165) is 27.9 Å². The van der Waals surface area contributed by atoms with Gasteiger partial charge in [0.1, 0.15) is 10.9 Å². The molecule has 0 bridgehead atoms. The zero-order chi connectivity index (χ0) is 16.2. The first-order valence-corrected chi connectivity index (χ1v) is 7.53. The highest BCUT2D eigenvalue weighted by Gasteiger charge is 2.04. The van der Waals surface area contributed by atoms with Crippen molar-refractivity contribution >= 4 is 34.4 Å². The molecule has 0 saturated carbocycles. The van der Waals surface area contributed by atoms with Gasteiger partial charge in [0.25, 0.3) is 0 Å². The van der Waals surface area contributed by atoms with E-state index in [0.29, 0.717) is 5.15 Å². The van der Waals surface area contributed by atoms with E-state index in [1.54, 1.807) is 13.3 Å². The minimum Gasteiger partial charge on any atom is -0.497 e. The Bertz CT molecular complexity index is 877. The molecule has 0 aliphatic carbocycles. The van der Waals surface area contributed by atoms with Crippen molar-refractivity contribution in [2.75, 3.05) is 12.5 Å². The molecule has 1 heterocycles. The van der Waals surface area contributed by atoms with Gasteiger partial charge in [0.2, 0.25) is 0 Å². The molecule has 0 fully saturated rings. The average Bonchev–Trinajstić information content (AvgIpc) is 2.55. The number of methoxy groups -OCH3 is 1. The number of rotatable bonds is 4. The van der Waals surface area contributed by atoms with Crippen molar-refractivity contribution in [2.24, 2.45) is 5.10 Å². The first-order chi connectivity index (χ1) is 11.2. The van der Waals surface area contributed by atoms with E-state index in [2.05, 4.69) is 15.5 Å². The number of aryl methyl sites for hydroxylation is 1. The maximum absolute atomic E-state index is 6.22. The molecule has 1 N–H and O–H groups in total. The Kier molecular flexibility index (Phi) is 4.44. The zero-order valence-corrected chi connectivity index (χ0v) is 13.6. The summed E-state index contributed by atoms with van der Waals surface area (Å²) in [4.78, 5) is 4.38. The summed E-state index contributed by atoms with van der Waals surface area (Å²) in [5.74, 6) is 0.780. The fourth-order valence-corrected chi connectivity index (χ4v) is 2.45. The maximum Gasteiger partial charge on any atom is 0.138 e. The zero-order valence-electron chi connectivity index (χ0n) is 12.9. The first-order valence-electron chi connectivity index (χ1n) is 7.16. The summed E-state index contributed by atoms with van der Waals surface area (Å²) in [6, 6.07) is 15.6. The third-order valence-electron chi connectivity index (χ3n) is 3.42. The van der Waals surface area contributed by atoms with Crippen LogP contribution in [0.5, 0.6) is 5.75 Å². The molecular formula is C18H16ClN3O. The predicted molar refractivity (Wildman–Crippen MR) is 95.7 cm³/mol. The average molecular weight is 326 g/mol. The molecule has 5 heteroatoms. The number of anilines is 1. The Morgan fingerprint density at radius 2 is 2.04 bits per heavy atom. The lowest BCUT2D eigenvalue weighted by Gasteiger charge is -2.05. The minimum absolute atomic E-state index is 0.414. The minimum atomic E-state index is 0.414. The van der Waals surface area contributed by atoms with Crippen LogP contribution in [0.3, 0.4) is 0 Å². The van der Waals surface area contributed by atoms with Crippen LogP contribution in [0, 0.1) is 6.92 Å². The quantitative estimate of drug-likeness (QED) is 0.431. The SMILES string of the molecule is COc1ccc2nc(Cl)c(/C=N\Nc3cccc(C)c3)cc2c1. The molecule has 0 unspecified atom stereocenters. The molecule has 0 aliphatic heterocycles. The Balaban J connectivity index is 1.86. The van der Waals surface area contributed by atoms with Gasteiger partial charge in [0.15, 0.2) is 0 Å². The number of hydrogen-bond acceptors (Lipinski definition) is 4. The van der Waals surface area contributed by atoms with Crippen molar-refractivity contribution in [1.82, 2.24) is 4.98 Å². The summed E-state index contributed by atoms with van der Waals surface area (Å²) >= 11 is 6.22. The number of pyridine rings is 1. The van der Waals surface area contributed by atoms with Crippen LogP contribution in [0.1, 0.15) is 11.1 Å². The second-order valence-corrected chi connectivity index (χ2v) is 5.52.